The topological polar surface area (TPSA) is 72.2 Å². The van der Waals surface area contributed by atoms with Gasteiger partial charge in [0.2, 0.25) is 10.0 Å². The van der Waals surface area contributed by atoms with E-state index in [1.54, 1.807) is 13.8 Å². The third-order valence-electron chi connectivity index (χ3n) is 3.64. The monoisotopic (exact) mass is 308 g/mol. The Hall–Kier alpha value is -1.66. The average molecular weight is 308 g/mol. The van der Waals surface area contributed by atoms with Crippen LogP contribution in [-0.2, 0) is 16.6 Å². The zero-order valence-electron chi connectivity index (χ0n) is 12.9. The number of hydrogen-bond donors (Lipinski definition) is 1. The van der Waals surface area contributed by atoms with Crippen LogP contribution < -0.4 is 4.72 Å². The predicted molar refractivity (Wildman–Crippen MR) is 80.7 cm³/mol. The van der Waals surface area contributed by atoms with Gasteiger partial charge >= 0.3 is 0 Å². The van der Waals surface area contributed by atoms with Gasteiger partial charge in [0, 0.05) is 6.54 Å². The van der Waals surface area contributed by atoms with E-state index in [4.69, 9.17) is 4.52 Å². The first-order valence-electron chi connectivity index (χ1n) is 6.71. The van der Waals surface area contributed by atoms with Crippen LogP contribution in [0.1, 0.15) is 33.7 Å². The van der Waals surface area contributed by atoms with Crippen molar-refractivity contribution in [2.45, 2.75) is 46.1 Å². The van der Waals surface area contributed by atoms with Gasteiger partial charge in [0.15, 0.2) is 5.76 Å². The molecule has 2 rings (SSSR count). The number of rotatable bonds is 4. The fourth-order valence-electron chi connectivity index (χ4n) is 2.31. The lowest BCUT2D eigenvalue weighted by atomic mass is 10.0. The Morgan fingerprint density at radius 3 is 2.24 bits per heavy atom. The van der Waals surface area contributed by atoms with Crippen molar-refractivity contribution in [2.75, 3.05) is 0 Å². The highest BCUT2D eigenvalue weighted by Gasteiger charge is 2.23. The van der Waals surface area contributed by atoms with Crippen molar-refractivity contribution < 1.29 is 12.9 Å². The molecule has 1 aromatic carbocycles. The molecule has 0 spiro atoms. The molecule has 0 aliphatic heterocycles. The van der Waals surface area contributed by atoms with Crippen LogP contribution in [-0.4, -0.2) is 13.6 Å². The van der Waals surface area contributed by atoms with E-state index in [0.29, 0.717) is 11.5 Å². The summed E-state index contributed by atoms with van der Waals surface area (Å²) in [5.74, 6) is 0.303. The lowest BCUT2D eigenvalue weighted by Crippen LogP contribution is -2.24. The first-order valence-corrected chi connectivity index (χ1v) is 8.20. The molecular weight excluding hydrogens is 288 g/mol. The molecule has 1 N–H and O–H groups in total. The number of sulfonamides is 1. The van der Waals surface area contributed by atoms with Crippen LogP contribution in [0, 0.1) is 34.6 Å². The van der Waals surface area contributed by atoms with Gasteiger partial charge in [0.1, 0.15) is 10.6 Å². The van der Waals surface area contributed by atoms with Gasteiger partial charge in [-0.05, 0) is 56.9 Å². The quantitative estimate of drug-likeness (QED) is 0.942. The second-order valence-corrected chi connectivity index (χ2v) is 7.04. The largest absolute Gasteiger partial charge is 0.360 e. The molecule has 0 amide bonds. The second-order valence-electron chi connectivity index (χ2n) is 5.34. The molecule has 1 aromatic heterocycles. The van der Waals surface area contributed by atoms with E-state index in [2.05, 4.69) is 15.9 Å². The summed E-state index contributed by atoms with van der Waals surface area (Å²) in [4.78, 5) is 0.129. The van der Waals surface area contributed by atoms with Crippen molar-refractivity contribution in [3.05, 3.63) is 45.8 Å². The van der Waals surface area contributed by atoms with Gasteiger partial charge in [-0.15, -0.1) is 0 Å². The van der Waals surface area contributed by atoms with Gasteiger partial charge in [-0.2, -0.15) is 0 Å². The van der Waals surface area contributed by atoms with Crippen LogP contribution in [0.4, 0.5) is 0 Å². The molecule has 0 aliphatic carbocycles. The number of hydrogen-bond acceptors (Lipinski definition) is 4. The van der Waals surface area contributed by atoms with Crippen LogP contribution in [0.3, 0.4) is 0 Å². The van der Waals surface area contributed by atoms with Crippen molar-refractivity contribution in [3.63, 3.8) is 0 Å². The maximum atomic E-state index is 12.4. The molecule has 0 saturated heterocycles. The van der Waals surface area contributed by atoms with E-state index in [0.717, 1.165) is 16.7 Å². The first-order chi connectivity index (χ1) is 9.72. The Labute approximate surface area is 125 Å². The third-order valence-corrected chi connectivity index (χ3v) is 5.29. The number of nitrogens with zero attached hydrogens (tertiary/aromatic N) is 1. The van der Waals surface area contributed by atoms with Crippen LogP contribution in [0.5, 0.6) is 0 Å². The Morgan fingerprint density at radius 1 is 1.05 bits per heavy atom. The fourth-order valence-corrected chi connectivity index (χ4v) is 3.65. The van der Waals surface area contributed by atoms with Gasteiger partial charge < -0.3 is 4.52 Å². The number of aromatic nitrogens is 1. The summed E-state index contributed by atoms with van der Waals surface area (Å²) in [6, 6.07) is 4.08. The van der Waals surface area contributed by atoms with E-state index >= 15 is 0 Å². The Kier molecular flexibility index (Phi) is 4.20. The highest BCUT2D eigenvalue weighted by molar-refractivity contribution is 7.89. The van der Waals surface area contributed by atoms with Crippen molar-refractivity contribution in [1.82, 2.24) is 9.88 Å². The van der Waals surface area contributed by atoms with Crippen LogP contribution in [0.25, 0.3) is 0 Å². The molecule has 0 radical (unpaired) electrons. The Bertz CT molecular complexity index is 757. The number of benzene rings is 1. The van der Waals surface area contributed by atoms with E-state index in [1.165, 1.54) is 5.56 Å². The summed E-state index contributed by atoms with van der Waals surface area (Å²) in [6.07, 6.45) is 0. The molecule has 2 aromatic rings. The summed E-state index contributed by atoms with van der Waals surface area (Å²) in [7, 11) is -3.62. The van der Waals surface area contributed by atoms with E-state index in [9.17, 15) is 8.42 Å². The highest BCUT2D eigenvalue weighted by atomic mass is 32.2. The lowest BCUT2D eigenvalue weighted by molar-refractivity contribution is 0.390. The molecule has 0 saturated carbocycles. The maximum absolute atomic E-state index is 12.4. The standard InChI is InChI=1S/C15H20N2O3S/c1-9-6-11(3)14(7-10(9)2)8-16-21(18,19)15-12(4)17-20-13(15)5/h6-7,16H,8H2,1-5H3. The number of aryl methyl sites for hydroxylation is 5. The summed E-state index contributed by atoms with van der Waals surface area (Å²) in [6.45, 7) is 9.49. The summed E-state index contributed by atoms with van der Waals surface area (Å²) >= 11 is 0. The molecule has 0 fully saturated rings. The second kappa shape index (κ2) is 5.61. The molecule has 1 heterocycles. The van der Waals surface area contributed by atoms with E-state index in [1.807, 2.05) is 26.8 Å². The van der Waals surface area contributed by atoms with Crippen molar-refractivity contribution >= 4 is 10.0 Å². The molecule has 5 nitrogen and oxygen atoms in total. The van der Waals surface area contributed by atoms with Gasteiger partial charge in [0.25, 0.3) is 0 Å². The fraction of sp³-hybridized carbons (Fsp3) is 0.400. The van der Waals surface area contributed by atoms with Crippen molar-refractivity contribution in [1.29, 1.82) is 0 Å². The van der Waals surface area contributed by atoms with Crippen molar-refractivity contribution in [2.24, 2.45) is 0 Å². The Balaban J connectivity index is 2.26. The number of nitrogens with one attached hydrogen (secondary N) is 1. The minimum atomic E-state index is -3.62. The molecular formula is C15H20N2O3S. The Morgan fingerprint density at radius 2 is 1.67 bits per heavy atom. The van der Waals surface area contributed by atoms with Gasteiger partial charge in [0.05, 0.1) is 0 Å². The lowest BCUT2D eigenvalue weighted by Gasteiger charge is -2.11. The van der Waals surface area contributed by atoms with Gasteiger partial charge in [-0.25, -0.2) is 13.1 Å². The molecule has 6 heteroatoms. The third kappa shape index (κ3) is 3.16. The first kappa shape index (κ1) is 15.7. The van der Waals surface area contributed by atoms with Gasteiger partial charge in [-0.3, -0.25) is 0 Å². The smallest absolute Gasteiger partial charge is 0.246 e. The molecule has 0 atom stereocenters. The molecule has 0 aliphatic rings. The zero-order chi connectivity index (χ0) is 15.8. The summed E-state index contributed by atoms with van der Waals surface area (Å²) in [5, 5.41) is 3.69. The predicted octanol–water partition coefficient (Wildman–Crippen LogP) is 2.70. The maximum Gasteiger partial charge on any atom is 0.246 e. The molecule has 0 unspecified atom stereocenters. The van der Waals surface area contributed by atoms with Crippen molar-refractivity contribution in [3.8, 4) is 0 Å². The summed E-state index contributed by atoms with van der Waals surface area (Å²) < 4.78 is 32.3. The van der Waals surface area contributed by atoms with Crippen LogP contribution in [0.2, 0.25) is 0 Å². The SMILES string of the molecule is Cc1cc(C)c(CNS(=O)(=O)c2c(C)noc2C)cc1C. The van der Waals surface area contributed by atoms with E-state index in [-0.39, 0.29) is 11.4 Å². The van der Waals surface area contributed by atoms with Gasteiger partial charge in [-0.1, -0.05) is 17.3 Å². The zero-order valence-corrected chi connectivity index (χ0v) is 13.8. The highest BCUT2D eigenvalue weighted by Crippen LogP contribution is 2.20. The van der Waals surface area contributed by atoms with Crippen LogP contribution in [0.15, 0.2) is 21.6 Å². The van der Waals surface area contributed by atoms with Crippen LogP contribution >= 0.6 is 0 Å². The van der Waals surface area contributed by atoms with E-state index < -0.39 is 10.0 Å². The minimum Gasteiger partial charge on any atom is -0.360 e. The minimum absolute atomic E-state index is 0.129. The molecule has 114 valence electrons. The molecule has 21 heavy (non-hydrogen) atoms. The molecule has 0 bridgehead atoms. The summed E-state index contributed by atoms with van der Waals surface area (Å²) in [5.41, 5.74) is 4.75. The average Bonchev–Trinajstić information content (AvgIpc) is 2.72. The normalized spacial score (nSPS) is 11.9.